The zero-order chi connectivity index (χ0) is 20.9. The van der Waals surface area contributed by atoms with Crippen LogP contribution in [0.3, 0.4) is 0 Å². The smallest absolute Gasteiger partial charge is 0.427 e. The standard InChI is InChI=1S/C21H30O7/c1-7-18(4)10-12(23)21(25)19(5)11(22)8-9-17(2,3)14(19)13-15(20(21,6)28-18)27-16(24)26-13/h7,11,13-15,22,25H,1,8-10H2,2-6H3/t11-,13-,14-,15-,18-,19-,20+,21-/m0/s1. The molecule has 0 bridgehead atoms. The molecule has 2 aliphatic carbocycles. The van der Waals surface area contributed by atoms with E-state index >= 15 is 0 Å². The van der Waals surface area contributed by atoms with E-state index in [1.54, 1.807) is 20.8 Å². The number of hydrogen-bond donors (Lipinski definition) is 2. The molecule has 156 valence electrons. The fourth-order valence-electron chi connectivity index (χ4n) is 6.81. The molecular weight excluding hydrogens is 364 g/mol. The van der Waals surface area contributed by atoms with Crippen molar-refractivity contribution in [1.29, 1.82) is 0 Å². The van der Waals surface area contributed by atoms with Crippen LogP contribution < -0.4 is 0 Å². The third kappa shape index (κ3) is 2.00. The van der Waals surface area contributed by atoms with Crippen molar-refractivity contribution < 1.29 is 34.0 Å². The number of hydrogen-bond acceptors (Lipinski definition) is 7. The molecule has 4 fully saturated rings. The number of ketones is 1. The van der Waals surface area contributed by atoms with Gasteiger partial charge in [0.05, 0.1) is 11.7 Å². The first-order valence-corrected chi connectivity index (χ1v) is 9.92. The molecule has 7 nitrogen and oxygen atoms in total. The van der Waals surface area contributed by atoms with Gasteiger partial charge in [0.1, 0.15) is 11.7 Å². The predicted octanol–water partition coefficient (Wildman–Crippen LogP) is 2.13. The van der Waals surface area contributed by atoms with Gasteiger partial charge >= 0.3 is 6.16 Å². The summed E-state index contributed by atoms with van der Waals surface area (Å²) in [5, 5.41) is 23.3. The average Bonchev–Trinajstić information content (AvgIpc) is 2.97. The SMILES string of the molecule is C=C[C@@]1(C)CC(=O)[C@]2(O)[C@@]3(C)[C@@H](O)CCC(C)(C)[C@@H]3[C@@H]3OC(=O)O[C@@H]3[C@@]2(C)O1. The highest BCUT2D eigenvalue weighted by Crippen LogP contribution is 2.68. The fraction of sp³-hybridized carbons (Fsp3) is 0.810. The van der Waals surface area contributed by atoms with Gasteiger partial charge in [-0.05, 0) is 32.1 Å². The Kier molecular flexibility index (Phi) is 3.81. The van der Waals surface area contributed by atoms with E-state index in [0.29, 0.717) is 12.8 Å². The molecule has 0 radical (unpaired) electrons. The molecule has 0 spiro atoms. The molecule has 0 aromatic carbocycles. The van der Waals surface area contributed by atoms with E-state index in [2.05, 4.69) is 6.58 Å². The van der Waals surface area contributed by atoms with Crippen molar-refractivity contribution >= 4 is 11.9 Å². The third-order valence-electron chi connectivity index (χ3n) is 8.16. The lowest BCUT2D eigenvalue weighted by Crippen LogP contribution is -2.86. The number of Topliss-reactive ketones (excluding diaryl/α,β-unsaturated/α-hetero) is 1. The number of rotatable bonds is 1. The van der Waals surface area contributed by atoms with E-state index in [0.717, 1.165) is 0 Å². The molecular formula is C21H30O7. The zero-order valence-electron chi connectivity index (χ0n) is 17.2. The van der Waals surface area contributed by atoms with E-state index in [1.807, 2.05) is 13.8 Å². The number of carbonyl (C=O) groups is 2. The van der Waals surface area contributed by atoms with Gasteiger partial charge in [-0.15, -0.1) is 6.58 Å². The second-order valence-corrected chi connectivity index (χ2v) is 10.2. The van der Waals surface area contributed by atoms with Crippen molar-refractivity contribution in [2.24, 2.45) is 16.7 Å². The van der Waals surface area contributed by atoms with Gasteiger partial charge in [0, 0.05) is 17.8 Å². The number of ether oxygens (including phenoxy) is 3. The summed E-state index contributed by atoms with van der Waals surface area (Å²) in [6.07, 6.45) is -0.986. The van der Waals surface area contributed by atoms with Crippen molar-refractivity contribution in [1.82, 2.24) is 0 Å². The molecule has 8 atom stereocenters. The molecule has 0 unspecified atom stereocenters. The first-order valence-electron chi connectivity index (χ1n) is 9.92. The van der Waals surface area contributed by atoms with Gasteiger partial charge < -0.3 is 24.4 Å². The summed E-state index contributed by atoms with van der Waals surface area (Å²) in [7, 11) is 0. The molecule has 28 heavy (non-hydrogen) atoms. The highest BCUT2D eigenvalue weighted by molar-refractivity contribution is 5.92. The van der Waals surface area contributed by atoms with Gasteiger partial charge in [0.15, 0.2) is 17.5 Å². The third-order valence-corrected chi connectivity index (χ3v) is 8.16. The number of aliphatic hydroxyl groups is 2. The molecule has 2 saturated heterocycles. The van der Waals surface area contributed by atoms with Crippen LogP contribution in [-0.2, 0) is 19.0 Å². The molecule has 2 saturated carbocycles. The first kappa shape index (κ1) is 19.9. The van der Waals surface area contributed by atoms with Crippen LogP contribution in [0.5, 0.6) is 0 Å². The summed E-state index contributed by atoms with van der Waals surface area (Å²) >= 11 is 0. The second-order valence-electron chi connectivity index (χ2n) is 10.2. The molecule has 4 rings (SSSR count). The van der Waals surface area contributed by atoms with E-state index in [9.17, 15) is 19.8 Å². The zero-order valence-corrected chi connectivity index (χ0v) is 17.2. The molecule has 2 aliphatic heterocycles. The van der Waals surface area contributed by atoms with Crippen LogP contribution in [-0.4, -0.2) is 57.3 Å². The van der Waals surface area contributed by atoms with Crippen molar-refractivity contribution in [3.8, 4) is 0 Å². The highest BCUT2D eigenvalue weighted by Gasteiger charge is 2.83. The van der Waals surface area contributed by atoms with Crippen molar-refractivity contribution in [3.63, 3.8) is 0 Å². The molecule has 0 aromatic heterocycles. The minimum atomic E-state index is -2.06. The van der Waals surface area contributed by atoms with Crippen LogP contribution in [0.1, 0.15) is 53.9 Å². The van der Waals surface area contributed by atoms with Gasteiger partial charge in [0.2, 0.25) is 0 Å². The van der Waals surface area contributed by atoms with E-state index in [-0.39, 0.29) is 6.42 Å². The van der Waals surface area contributed by atoms with Gasteiger partial charge in [-0.25, -0.2) is 4.79 Å². The average molecular weight is 394 g/mol. The van der Waals surface area contributed by atoms with Gasteiger partial charge in [-0.3, -0.25) is 4.79 Å². The summed E-state index contributed by atoms with van der Waals surface area (Å²) in [6, 6.07) is 0. The minimum Gasteiger partial charge on any atom is -0.427 e. The van der Waals surface area contributed by atoms with Gasteiger partial charge in [0.25, 0.3) is 0 Å². The maximum Gasteiger partial charge on any atom is 0.509 e. The summed E-state index contributed by atoms with van der Waals surface area (Å²) < 4.78 is 17.4. The predicted molar refractivity (Wildman–Crippen MR) is 98.4 cm³/mol. The Morgan fingerprint density at radius 2 is 1.79 bits per heavy atom. The lowest BCUT2D eigenvalue weighted by Gasteiger charge is -2.70. The quantitative estimate of drug-likeness (QED) is 0.519. The van der Waals surface area contributed by atoms with Crippen molar-refractivity contribution in [2.45, 2.75) is 89.0 Å². The van der Waals surface area contributed by atoms with Crippen LogP contribution in [0.2, 0.25) is 0 Å². The summed E-state index contributed by atoms with van der Waals surface area (Å²) in [6.45, 7) is 12.8. The Hall–Kier alpha value is -1.44. The summed E-state index contributed by atoms with van der Waals surface area (Å²) in [4.78, 5) is 25.7. The maximum absolute atomic E-state index is 13.5. The van der Waals surface area contributed by atoms with Crippen molar-refractivity contribution in [2.75, 3.05) is 0 Å². The van der Waals surface area contributed by atoms with E-state index < -0.39 is 63.8 Å². The Morgan fingerprint density at radius 3 is 2.39 bits per heavy atom. The molecule has 0 aromatic rings. The van der Waals surface area contributed by atoms with Crippen LogP contribution in [0.4, 0.5) is 4.79 Å². The van der Waals surface area contributed by atoms with Gasteiger partial charge in [-0.1, -0.05) is 26.8 Å². The summed E-state index contributed by atoms with van der Waals surface area (Å²) in [5.41, 5.74) is -6.36. The summed E-state index contributed by atoms with van der Waals surface area (Å²) in [5.74, 6) is -0.923. The van der Waals surface area contributed by atoms with Gasteiger partial charge in [-0.2, -0.15) is 0 Å². The van der Waals surface area contributed by atoms with E-state index in [1.165, 1.54) is 6.08 Å². The Bertz CT molecular complexity index is 762. The van der Waals surface area contributed by atoms with Crippen LogP contribution >= 0.6 is 0 Å². The van der Waals surface area contributed by atoms with Crippen LogP contribution in [0.25, 0.3) is 0 Å². The minimum absolute atomic E-state index is 0.0791. The molecule has 4 aliphatic rings. The number of fused-ring (bicyclic) bond motifs is 6. The fourth-order valence-corrected chi connectivity index (χ4v) is 6.81. The lowest BCUT2D eigenvalue weighted by molar-refractivity contribution is -0.355. The topological polar surface area (TPSA) is 102 Å². The first-order chi connectivity index (χ1) is 12.8. The second kappa shape index (κ2) is 5.37. The largest absolute Gasteiger partial charge is 0.509 e. The molecule has 7 heteroatoms. The highest BCUT2D eigenvalue weighted by atomic mass is 16.8. The number of aliphatic hydroxyl groups excluding tert-OH is 1. The van der Waals surface area contributed by atoms with Crippen molar-refractivity contribution in [3.05, 3.63) is 12.7 Å². The number of carbonyl (C=O) groups excluding carboxylic acids is 2. The normalized spacial score (nSPS) is 54.7. The van der Waals surface area contributed by atoms with Crippen LogP contribution in [0, 0.1) is 16.7 Å². The Labute approximate surface area is 165 Å². The monoisotopic (exact) mass is 394 g/mol. The van der Waals surface area contributed by atoms with E-state index in [4.69, 9.17) is 14.2 Å². The molecule has 0 amide bonds. The van der Waals surface area contributed by atoms with Crippen LogP contribution in [0.15, 0.2) is 12.7 Å². The Morgan fingerprint density at radius 1 is 1.14 bits per heavy atom. The lowest BCUT2D eigenvalue weighted by atomic mass is 9.40. The Balaban J connectivity index is 2.00. The molecule has 2 heterocycles. The molecule has 2 N–H and O–H groups in total. The maximum atomic E-state index is 13.5.